The lowest BCUT2D eigenvalue weighted by Crippen LogP contribution is -2.23. The molecule has 0 saturated heterocycles. The second-order valence-electron chi connectivity index (χ2n) is 3.04. The molecule has 0 heterocycles. The van der Waals surface area contributed by atoms with Crippen LogP contribution in [0.3, 0.4) is 0 Å². The van der Waals surface area contributed by atoms with Crippen LogP contribution in [0.5, 0.6) is 0 Å². The van der Waals surface area contributed by atoms with Crippen molar-refractivity contribution in [2.24, 2.45) is 10.0 Å². The van der Waals surface area contributed by atoms with Gasteiger partial charge in [0.25, 0.3) is 0 Å². The van der Waals surface area contributed by atoms with E-state index in [-0.39, 0.29) is 5.81 Å². The molecule has 77 valence electrons. The lowest BCUT2D eigenvalue weighted by Gasteiger charge is -2.02. The number of rotatable bonds is 5. The predicted octanol–water partition coefficient (Wildman–Crippen LogP) is -0.590. The average Bonchev–Trinajstić information content (AvgIpc) is 2.02. The van der Waals surface area contributed by atoms with Crippen molar-refractivity contribution in [3.05, 3.63) is 0 Å². The molecule has 0 rings (SSSR count). The average molecular weight is 196 g/mol. The summed E-state index contributed by atoms with van der Waals surface area (Å²) in [7, 11) is 8.42. The van der Waals surface area contributed by atoms with Crippen LogP contribution in [-0.2, 0) is 0 Å². The highest BCUT2D eigenvalue weighted by Gasteiger charge is 1.99. The zero-order chi connectivity index (χ0) is 11.0. The van der Waals surface area contributed by atoms with Crippen LogP contribution in [0, 0.1) is 0 Å². The Hall–Kier alpha value is -1.53. The SMILES string of the molecule is CN(C)/C=N/[B]C(=O)N/N=C/N(C)C. The Kier molecular flexibility index (Phi) is 6.18. The minimum atomic E-state index is -0.360. The second-order valence-corrected chi connectivity index (χ2v) is 3.04. The molecule has 0 aromatic carbocycles. The molecule has 0 aliphatic rings. The molecule has 0 aromatic rings. The van der Waals surface area contributed by atoms with Crippen molar-refractivity contribution < 1.29 is 4.79 Å². The van der Waals surface area contributed by atoms with E-state index < -0.39 is 0 Å². The molecule has 6 nitrogen and oxygen atoms in total. The summed E-state index contributed by atoms with van der Waals surface area (Å²) in [6, 6.07) is 0. The van der Waals surface area contributed by atoms with Gasteiger partial charge in [0.1, 0.15) is 6.34 Å². The molecule has 0 saturated carbocycles. The van der Waals surface area contributed by atoms with Crippen molar-refractivity contribution in [1.82, 2.24) is 15.2 Å². The summed E-state index contributed by atoms with van der Waals surface area (Å²) >= 11 is 0. The number of hydrogen-bond acceptors (Lipinski definition) is 3. The molecular formula is C7H15BN5O. The van der Waals surface area contributed by atoms with Gasteiger partial charge in [0, 0.05) is 28.2 Å². The quantitative estimate of drug-likeness (QED) is 0.276. The van der Waals surface area contributed by atoms with Crippen molar-refractivity contribution in [2.45, 2.75) is 0 Å². The molecule has 0 fully saturated rings. The highest BCUT2D eigenvalue weighted by Crippen LogP contribution is 1.72. The van der Waals surface area contributed by atoms with Crippen LogP contribution in [-0.4, -0.2) is 63.9 Å². The summed E-state index contributed by atoms with van der Waals surface area (Å²) < 4.78 is 0. The first-order valence-electron chi connectivity index (χ1n) is 4.05. The molecule has 0 aliphatic heterocycles. The largest absolute Gasteiger partial charge is 0.392 e. The van der Waals surface area contributed by atoms with Gasteiger partial charge in [-0.25, -0.2) is 0 Å². The number of hydrazone groups is 1. The maximum Gasteiger partial charge on any atom is 0.392 e. The van der Waals surface area contributed by atoms with Gasteiger partial charge in [0.15, 0.2) is 0 Å². The summed E-state index contributed by atoms with van der Waals surface area (Å²) in [6.07, 6.45) is 3.01. The minimum Gasteiger partial charge on any atom is -0.370 e. The van der Waals surface area contributed by atoms with Crippen LogP contribution >= 0.6 is 0 Å². The molecule has 1 amide bonds. The van der Waals surface area contributed by atoms with Gasteiger partial charge in [-0.1, -0.05) is 0 Å². The molecule has 0 aliphatic carbocycles. The van der Waals surface area contributed by atoms with E-state index >= 15 is 0 Å². The highest BCUT2D eigenvalue weighted by molar-refractivity contribution is 6.72. The molecule has 7 heteroatoms. The Bertz CT molecular complexity index is 204. The van der Waals surface area contributed by atoms with Gasteiger partial charge in [0.05, 0.1) is 6.34 Å². The molecule has 0 unspecified atom stereocenters. The summed E-state index contributed by atoms with van der Waals surface area (Å²) in [5.74, 6) is -0.360. The first-order valence-corrected chi connectivity index (χ1v) is 4.05. The Morgan fingerprint density at radius 1 is 1.21 bits per heavy atom. The summed E-state index contributed by atoms with van der Waals surface area (Å²) in [6.45, 7) is 0. The molecule has 0 atom stereocenters. The number of nitrogens with one attached hydrogen (secondary N) is 1. The van der Waals surface area contributed by atoms with Crippen molar-refractivity contribution in [2.75, 3.05) is 28.2 Å². The van der Waals surface area contributed by atoms with Gasteiger partial charge in [-0.15, -0.1) is 0 Å². The van der Waals surface area contributed by atoms with Gasteiger partial charge in [0.2, 0.25) is 5.81 Å². The fourth-order valence-corrected chi connectivity index (χ4v) is 0.471. The van der Waals surface area contributed by atoms with Gasteiger partial charge >= 0.3 is 7.41 Å². The van der Waals surface area contributed by atoms with Crippen LogP contribution < -0.4 is 5.43 Å². The van der Waals surface area contributed by atoms with E-state index in [9.17, 15) is 4.79 Å². The van der Waals surface area contributed by atoms with Gasteiger partial charge in [-0.05, 0) is 0 Å². The normalized spacial score (nSPS) is 10.6. The van der Waals surface area contributed by atoms with E-state index in [1.165, 1.54) is 12.7 Å². The third-order valence-electron chi connectivity index (χ3n) is 0.953. The summed E-state index contributed by atoms with van der Waals surface area (Å²) in [5, 5.41) is 3.65. The number of hydrogen-bond donors (Lipinski definition) is 1. The molecule has 0 spiro atoms. The zero-order valence-electron chi connectivity index (χ0n) is 8.93. The standard InChI is InChI=1S/C7H15BN5O/c1-12(2)5-9-8-7(14)11-10-6-13(3)4/h5-6H,1-4H3,(H,11,14)/b9-5+,10-6+. The third-order valence-corrected chi connectivity index (χ3v) is 0.953. The van der Waals surface area contributed by atoms with Gasteiger partial charge in [-0.3, -0.25) is 10.2 Å². The van der Waals surface area contributed by atoms with E-state index in [1.54, 1.807) is 9.80 Å². The Labute approximate surface area is 84.9 Å². The van der Waals surface area contributed by atoms with Gasteiger partial charge in [-0.2, -0.15) is 5.10 Å². The molecule has 1 radical (unpaired) electrons. The second kappa shape index (κ2) is 6.93. The first-order chi connectivity index (χ1) is 6.52. The van der Waals surface area contributed by atoms with Crippen LogP contribution in [0.4, 0.5) is 4.79 Å². The zero-order valence-corrected chi connectivity index (χ0v) is 8.93. The minimum absolute atomic E-state index is 0.360. The first kappa shape index (κ1) is 12.5. The van der Waals surface area contributed by atoms with E-state index in [1.807, 2.05) is 28.2 Å². The van der Waals surface area contributed by atoms with Crippen LogP contribution in [0.2, 0.25) is 0 Å². The number of carbonyl (C=O) groups is 1. The molecule has 0 bridgehead atoms. The molecule has 0 aromatic heterocycles. The Balaban J connectivity index is 3.66. The smallest absolute Gasteiger partial charge is 0.370 e. The van der Waals surface area contributed by atoms with E-state index in [4.69, 9.17) is 0 Å². The Morgan fingerprint density at radius 2 is 1.79 bits per heavy atom. The molecular weight excluding hydrogens is 181 g/mol. The monoisotopic (exact) mass is 196 g/mol. The summed E-state index contributed by atoms with van der Waals surface area (Å²) in [5.41, 5.74) is 2.29. The number of nitrogens with zero attached hydrogens (tertiary/aromatic N) is 4. The lowest BCUT2D eigenvalue weighted by molar-refractivity contribution is 0.259. The van der Waals surface area contributed by atoms with Crippen molar-refractivity contribution >= 4 is 25.9 Å². The molecule has 14 heavy (non-hydrogen) atoms. The lowest BCUT2D eigenvalue weighted by atomic mass is 9.96. The highest BCUT2D eigenvalue weighted by atomic mass is 16.2. The van der Waals surface area contributed by atoms with E-state index in [0.29, 0.717) is 0 Å². The van der Waals surface area contributed by atoms with Crippen molar-refractivity contribution in [1.29, 1.82) is 0 Å². The maximum atomic E-state index is 11.0. The number of amides is 1. The van der Waals surface area contributed by atoms with Crippen molar-refractivity contribution in [3.63, 3.8) is 0 Å². The van der Waals surface area contributed by atoms with Crippen molar-refractivity contribution in [3.8, 4) is 0 Å². The maximum absolute atomic E-state index is 11.0. The molecule has 1 N–H and O–H groups in total. The fourth-order valence-electron chi connectivity index (χ4n) is 0.471. The van der Waals surface area contributed by atoms with Crippen LogP contribution in [0.25, 0.3) is 0 Å². The topological polar surface area (TPSA) is 60.3 Å². The Morgan fingerprint density at radius 3 is 2.29 bits per heavy atom. The summed E-state index contributed by atoms with van der Waals surface area (Å²) in [4.78, 5) is 18.2. The third kappa shape index (κ3) is 8.57. The van der Waals surface area contributed by atoms with E-state index in [2.05, 4.69) is 15.4 Å². The van der Waals surface area contributed by atoms with Crippen LogP contribution in [0.15, 0.2) is 10.0 Å². The fraction of sp³-hybridized carbons (Fsp3) is 0.571. The van der Waals surface area contributed by atoms with E-state index in [0.717, 1.165) is 7.41 Å². The van der Waals surface area contributed by atoms with Crippen LogP contribution in [0.1, 0.15) is 0 Å². The predicted molar refractivity (Wildman–Crippen MR) is 58.6 cm³/mol. The van der Waals surface area contributed by atoms with Gasteiger partial charge < -0.3 is 14.7 Å². The number of carbonyl (C=O) groups excluding carboxylic acids is 1.